The summed E-state index contributed by atoms with van der Waals surface area (Å²) in [4.78, 5) is 10.4. The van der Waals surface area contributed by atoms with E-state index < -0.39 is 9.84 Å². The molecule has 0 saturated carbocycles. The fourth-order valence-corrected chi connectivity index (χ4v) is 3.95. The molecule has 1 aliphatic heterocycles. The lowest BCUT2D eigenvalue weighted by Crippen LogP contribution is -2.25. The zero-order valence-electron chi connectivity index (χ0n) is 14.3. The molecule has 0 spiro atoms. The van der Waals surface area contributed by atoms with Gasteiger partial charge in [-0.15, -0.1) is 0 Å². The van der Waals surface area contributed by atoms with Gasteiger partial charge < -0.3 is 9.79 Å². The zero-order valence-corrected chi connectivity index (χ0v) is 15.9. The van der Waals surface area contributed by atoms with Crippen LogP contribution in [0, 0.1) is 0 Å². The van der Waals surface area contributed by atoms with Crippen LogP contribution < -0.4 is 0 Å². The van der Waals surface area contributed by atoms with Crippen molar-refractivity contribution < 1.29 is 23.1 Å². The Labute approximate surface area is 152 Å². The van der Waals surface area contributed by atoms with Crippen molar-refractivity contribution in [1.82, 2.24) is 4.90 Å². The SMILES string of the molecule is CN(C)CCCS(=O)(=O)C1=[N+](C)/C(=C(\OO)c2ccc(Cl)cc2)C=N1. The maximum Gasteiger partial charge on any atom is 0.417 e. The van der Waals surface area contributed by atoms with E-state index in [9.17, 15) is 13.7 Å². The third-order valence-corrected chi connectivity index (χ3v) is 5.69. The van der Waals surface area contributed by atoms with Gasteiger partial charge in [0, 0.05) is 10.6 Å². The fraction of sp³-hybridized carbons (Fsp3) is 0.375. The van der Waals surface area contributed by atoms with E-state index in [4.69, 9.17) is 11.6 Å². The predicted molar refractivity (Wildman–Crippen MR) is 98.7 cm³/mol. The highest BCUT2D eigenvalue weighted by molar-refractivity contribution is 8.06. The van der Waals surface area contributed by atoms with E-state index in [1.807, 2.05) is 19.0 Å². The van der Waals surface area contributed by atoms with Gasteiger partial charge in [0.2, 0.25) is 11.5 Å². The Kier molecular flexibility index (Phi) is 6.34. The molecule has 9 heteroatoms. The monoisotopic (exact) mass is 386 g/mol. The number of hydrogen-bond acceptors (Lipinski definition) is 6. The summed E-state index contributed by atoms with van der Waals surface area (Å²) in [5, 5.41) is 9.75. The van der Waals surface area contributed by atoms with Gasteiger partial charge in [-0.3, -0.25) is 0 Å². The van der Waals surface area contributed by atoms with Gasteiger partial charge >= 0.3 is 5.17 Å². The van der Waals surface area contributed by atoms with Crippen LogP contribution in [-0.2, 0) is 14.7 Å². The molecule has 1 N–H and O–H groups in total. The Morgan fingerprint density at radius 1 is 1.32 bits per heavy atom. The molecule has 0 unspecified atom stereocenters. The van der Waals surface area contributed by atoms with Gasteiger partial charge in [-0.05, 0) is 56.3 Å². The van der Waals surface area contributed by atoms with Crippen molar-refractivity contribution in [3.8, 4) is 0 Å². The van der Waals surface area contributed by atoms with Crippen LogP contribution in [0.15, 0.2) is 35.0 Å². The first kappa shape index (κ1) is 19.6. The first-order valence-corrected chi connectivity index (χ1v) is 9.63. The van der Waals surface area contributed by atoms with Crippen molar-refractivity contribution >= 4 is 38.6 Å². The molecule has 0 amide bonds. The van der Waals surface area contributed by atoms with Crippen LogP contribution in [0.4, 0.5) is 0 Å². The minimum Gasteiger partial charge on any atom is -0.335 e. The Balaban J connectivity index is 2.36. The molecule has 1 aromatic rings. The molecular weight excluding hydrogens is 366 g/mol. The normalized spacial score (nSPS) is 16.7. The molecule has 1 heterocycles. The van der Waals surface area contributed by atoms with E-state index in [0.717, 1.165) is 0 Å². The quantitative estimate of drug-likeness (QED) is 0.349. The highest BCUT2D eigenvalue weighted by Crippen LogP contribution is 2.23. The molecule has 0 bridgehead atoms. The number of sulfone groups is 1. The maximum atomic E-state index is 12.5. The van der Waals surface area contributed by atoms with Crippen LogP contribution in [0.25, 0.3) is 5.76 Å². The number of hydrogen-bond donors (Lipinski definition) is 1. The van der Waals surface area contributed by atoms with Crippen LogP contribution in [0.2, 0.25) is 5.02 Å². The second kappa shape index (κ2) is 8.09. The number of aliphatic imine (C=N–C) groups is 1. The number of amidine groups is 1. The van der Waals surface area contributed by atoms with Gasteiger partial charge in [-0.25, -0.2) is 18.3 Å². The minimum atomic E-state index is -3.54. The number of nitrogens with zero attached hydrogens (tertiary/aromatic N) is 3. The molecular formula is C16H21ClN3O4S+. The van der Waals surface area contributed by atoms with Crippen LogP contribution >= 0.6 is 11.6 Å². The summed E-state index contributed by atoms with van der Waals surface area (Å²) in [5.41, 5.74) is 0.891. The lowest BCUT2D eigenvalue weighted by atomic mass is 10.1. The first-order chi connectivity index (χ1) is 11.8. The lowest BCUT2D eigenvalue weighted by Gasteiger charge is -2.08. The van der Waals surface area contributed by atoms with Crippen molar-refractivity contribution in [2.75, 3.05) is 33.4 Å². The van der Waals surface area contributed by atoms with Gasteiger partial charge in [0.05, 0.1) is 12.8 Å². The summed E-state index contributed by atoms with van der Waals surface area (Å²) in [7, 11) is 1.80. The van der Waals surface area contributed by atoms with Crippen molar-refractivity contribution in [3.05, 3.63) is 40.5 Å². The van der Waals surface area contributed by atoms with Gasteiger partial charge in [0.25, 0.3) is 9.84 Å². The Morgan fingerprint density at radius 3 is 2.52 bits per heavy atom. The van der Waals surface area contributed by atoms with Crippen molar-refractivity contribution in [1.29, 1.82) is 0 Å². The van der Waals surface area contributed by atoms with Crippen LogP contribution in [-0.4, -0.2) is 68.0 Å². The Bertz CT molecular complexity index is 827. The van der Waals surface area contributed by atoms with E-state index in [1.54, 1.807) is 31.3 Å². The summed E-state index contributed by atoms with van der Waals surface area (Å²) in [6.45, 7) is 0.665. The van der Waals surface area contributed by atoms with Crippen LogP contribution in [0.5, 0.6) is 0 Å². The van der Waals surface area contributed by atoms with Crippen molar-refractivity contribution in [3.63, 3.8) is 0 Å². The number of halogens is 1. The number of rotatable bonds is 6. The number of allylic oxidation sites excluding steroid dienone is 1. The van der Waals surface area contributed by atoms with Crippen molar-refractivity contribution in [2.24, 2.45) is 4.99 Å². The summed E-state index contributed by atoms with van der Waals surface area (Å²) in [6, 6.07) is 6.61. The average Bonchev–Trinajstić information content (AvgIpc) is 2.92. The average molecular weight is 387 g/mol. The molecule has 0 fully saturated rings. The Morgan fingerprint density at radius 2 is 1.96 bits per heavy atom. The summed E-state index contributed by atoms with van der Waals surface area (Å²) >= 11 is 5.86. The third kappa shape index (κ3) is 4.66. The highest BCUT2D eigenvalue weighted by Gasteiger charge is 2.36. The van der Waals surface area contributed by atoms with Crippen LogP contribution in [0.1, 0.15) is 12.0 Å². The standard InChI is InChI=1S/C16H20ClN3O4S/c1-19(2)9-4-10-25(22,23)16-18-11-14(20(16)3)15(24-21)12-5-7-13(17)8-6-12/h5-8,11H,4,9-10H2,1-3H3/p+1/b15-14-. The molecule has 2 rings (SSSR count). The predicted octanol–water partition coefficient (Wildman–Crippen LogP) is 1.95. The smallest absolute Gasteiger partial charge is 0.335 e. The first-order valence-electron chi connectivity index (χ1n) is 7.60. The highest BCUT2D eigenvalue weighted by atomic mass is 35.5. The van der Waals surface area contributed by atoms with E-state index in [2.05, 4.69) is 9.88 Å². The molecule has 0 saturated heterocycles. The van der Waals surface area contributed by atoms with E-state index in [0.29, 0.717) is 29.2 Å². The molecule has 0 radical (unpaired) electrons. The van der Waals surface area contributed by atoms with Gasteiger partial charge in [0.15, 0.2) is 6.21 Å². The molecule has 25 heavy (non-hydrogen) atoms. The van der Waals surface area contributed by atoms with Crippen LogP contribution in [0.3, 0.4) is 0 Å². The van der Waals surface area contributed by atoms with Gasteiger partial charge in [0.1, 0.15) is 0 Å². The minimum absolute atomic E-state index is 0.00820. The summed E-state index contributed by atoms with van der Waals surface area (Å²) in [6.07, 6.45) is 1.86. The molecule has 7 nitrogen and oxygen atoms in total. The third-order valence-electron chi connectivity index (χ3n) is 3.67. The second-order valence-corrected chi connectivity index (χ2v) is 8.33. The van der Waals surface area contributed by atoms with E-state index >= 15 is 0 Å². The molecule has 0 aliphatic carbocycles. The second-order valence-electron chi connectivity index (χ2n) is 5.89. The van der Waals surface area contributed by atoms with Crippen molar-refractivity contribution in [2.45, 2.75) is 6.42 Å². The number of benzene rings is 1. The topological polar surface area (TPSA) is 82.2 Å². The van der Waals surface area contributed by atoms with E-state index in [-0.39, 0.29) is 16.7 Å². The zero-order chi connectivity index (χ0) is 18.6. The maximum absolute atomic E-state index is 12.5. The molecule has 1 aromatic carbocycles. The molecule has 0 aromatic heterocycles. The summed E-state index contributed by atoms with van der Waals surface area (Å²) in [5.74, 6) is 0.0903. The molecule has 136 valence electrons. The van der Waals surface area contributed by atoms with Gasteiger partial charge in [-0.1, -0.05) is 11.6 Å². The molecule has 0 atom stereocenters. The lowest BCUT2D eigenvalue weighted by molar-refractivity contribution is -0.430. The Hall–Kier alpha value is -1.74. The van der Waals surface area contributed by atoms with Gasteiger partial charge in [-0.2, -0.15) is 0 Å². The largest absolute Gasteiger partial charge is 0.417 e. The van der Waals surface area contributed by atoms with E-state index in [1.165, 1.54) is 10.8 Å². The summed E-state index contributed by atoms with van der Waals surface area (Å²) < 4.78 is 26.4. The fourth-order valence-electron chi connectivity index (χ4n) is 2.40. The molecule has 1 aliphatic rings.